The summed E-state index contributed by atoms with van der Waals surface area (Å²) in [7, 11) is 2.10. The summed E-state index contributed by atoms with van der Waals surface area (Å²) in [6, 6.07) is 6.60. The highest BCUT2D eigenvalue weighted by Gasteiger charge is 2.15. The number of carbonyl (C=O) groups excluding carboxylic acids is 1. The smallest absolute Gasteiger partial charge is 0.254 e. The maximum Gasteiger partial charge on any atom is 0.254 e. The van der Waals surface area contributed by atoms with Crippen LogP contribution in [0.4, 0.5) is 14.6 Å². The first kappa shape index (κ1) is 17.3. The van der Waals surface area contributed by atoms with Gasteiger partial charge in [0.05, 0.1) is 5.56 Å². The molecule has 1 aliphatic rings. The summed E-state index contributed by atoms with van der Waals surface area (Å²) in [6.45, 7) is 4.05. The third kappa shape index (κ3) is 4.30. The molecule has 0 radical (unpaired) electrons. The number of amides is 1. The molecule has 1 aromatic heterocycles. The Morgan fingerprint density at radius 2 is 1.92 bits per heavy atom. The number of aromatic nitrogens is 1. The van der Waals surface area contributed by atoms with Gasteiger partial charge in [-0.25, -0.2) is 13.8 Å². The Hall–Kier alpha value is -2.54. The van der Waals surface area contributed by atoms with E-state index in [-0.39, 0.29) is 12.1 Å². The van der Waals surface area contributed by atoms with Crippen LogP contribution < -0.4 is 10.2 Å². The van der Waals surface area contributed by atoms with Crippen LogP contribution >= 0.6 is 0 Å². The molecule has 7 heteroatoms. The number of pyridine rings is 1. The van der Waals surface area contributed by atoms with Crippen molar-refractivity contribution >= 4 is 11.7 Å². The van der Waals surface area contributed by atoms with Gasteiger partial charge in [0.15, 0.2) is 0 Å². The fourth-order valence-corrected chi connectivity index (χ4v) is 2.69. The molecule has 1 fully saturated rings. The monoisotopic (exact) mass is 346 g/mol. The zero-order valence-corrected chi connectivity index (χ0v) is 14.0. The molecule has 0 atom stereocenters. The summed E-state index contributed by atoms with van der Waals surface area (Å²) in [5, 5.41) is 2.58. The van der Waals surface area contributed by atoms with Crippen molar-refractivity contribution in [2.75, 3.05) is 38.1 Å². The number of benzene rings is 1. The Bertz CT molecular complexity index is 743. The maximum atomic E-state index is 13.6. The van der Waals surface area contributed by atoms with Gasteiger partial charge < -0.3 is 15.1 Å². The minimum absolute atomic E-state index is 0.199. The van der Waals surface area contributed by atoms with E-state index in [1.807, 2.05) is 12.1 Å². The van der Waals surface area contributed by atoms with Crippen LogP contribution in [0.25, 0.3) is 0 Å². The first-order valence-corrected chi connectivity index (χ1v) is 8.14. The van der Waals surface area contributed by atoms with Crippen molar-refractivity contribution in [2.45, 2.75) is 6.54 Å². The van der Waals surface area contributed by atoms with Crippen molar-refractivity contribution in [3.63, 3.8) is 0 Å². The van der Waals surface area contributed by atoms with Gasteiger partial charge in [-0.1, -0.05) is 6.07 Å². The van der Waals surface area contributed by atoms with E-state index in [0.29, 0.717) is 0 Å². The van der Waals surface area contributed by atoms with Gasteiger partial charge in [-0.15, -0.1) is 0 Å². The Morgan fingerprint density at radius 1 is 1.16 bits per heavy atom. The van der Waals surface area contributed by atoms with Crippen molar-refractivity contribution in [2.24, 2.45) is 0 Å². The number of hydrogen-bond acceptors (Lipinski definition) is 4. The highest BCUT2D eigenvalue weighted by Crippen LogP contribution is 2.14. The van der Waals surface area contributed by atoms with Gasteiger partial charge in [0, 0.05) is 38.9 Å². The molecule has 1 N–H and O–H groups in total. The second-order valence-corrected chi connectivity index (χ2v) is 6.12. The lowest BCUT2D eigenvalue weighted by Crippen LogP contribution is -2.44. The molecule has 0 unspecified atom stereocenters. The molecule has 3 rings (SSSR count). The molecule has 0 aliphatic carbocycles. The summed E-state index contributed by atoms with van der Waals surface area (Å²) in [5.41, 5.74) is 0.491. The van der Waals surface area contributed by atoms with Gasteiger partial charge >= 0.3 is 0 Å². The summed E-state index contributed by atoms with van der Waals surface area (Å²) in [4.78, 5) is 20.9. The second kappa shape index (κ2) is 7.57. The molecule has 25 heavy (non-hydrogen) atoms. The zero-order chi connectivity index (χ0) is 17.8. The average Bonchev–Trinajstić information content (AvgIpc) is 2.63. The molecule has 0 bridgehead atoms. The summed E-state index contributed by atoms with van der Waals surface area (Å²) in [5.74, 6) is -1.15. The number of rotatable bonds is 4. The molecular weight excluding hydrogens is 326 g/mol. The van der Waals surface area contributed by atoms with Gasteiger partial charge in [-0.3, -0.25) is 4.79 Å². The van der Waals surface area contributed by atoms with Crippen LogP contribution in [0, 0.1) is 11.6 Å². The van der Waals surface area contributed by atoms with Crippen LogP contribution in [0.3, 0.4) is 0 Å². The fraction of sp³-hybridized carbons (Fsp3) is 0.333. The SMILES string of the molecule is CN1CCN(c2ccc(CNC(=O)c3cc(F)ccc3F)cn2)CC1. The standard InChI is InChI=1S/C18H20F2N4O/c1-23-6-8-24(9-7-23)17-5-2-13(11-21-17)12-22-18(25)15-10-14(19)3-4-16(15)20/h2-5,10-11H,6-9,12H2,1H3,(H,22,25). The number of likely N-dealkylation sites (N-methyl/N-ethyl adjacent to an activating group) is 1. The maximum absolute atomic E-state index is 13.6. The number of anilines is 1. The van der Waals surface area contributed by atoms with E-state index in [1.54, 1.807) is 6.20 Å². The Labute approximate surface area is 145 Å². The largest absolute Gasteiger partial charge is 0.354 e. The molecule has 0 spiro atoms. The van der Waals surface area contributed by atoms with Crippen LogP contribution in [0.15, 0.2) is 36.5 Å². The van der Waals surface area contributed by atoms with Crippen molar-refractivity contribution in [3.05, 3.63) is 59.3 Å². The zero-order valence-electron chi connectivity index (χ0n) is 14.0. The van der Waals surface area contributed by atoms with Crippen molar-refractivity contribution in [3.8, 4) is 0 Å². The van der Waals surface area contributed by atoms with E-state index < -0.39 is 17.5 Å². The molecule has 1 saturated heterocycles. The molecular formula is C18H20F2N4O. The van der Waals surface area contributed by atoms with Crippen LogP contribution in [-0.4, -0.2) is 49.0 Å². The van der Waals surface area contributed by atoms with Crippen LogP contribution in [0.5, 0.6) is 0 Å². The highest BCUT2D eigenvalue weighted by atomic mass is 19.1. The van der Waals surface area contributed by atoms with E-state index in [4.69, 9.17) is 0 Å². The lowest BCUT2D eigenvalue weighted by molar-refractivity contribution is 0.0946. The van der Waals surface area contributed by atoms with Crippen molar-refractivity contribution in [1.82, 2.24) is 15.2 Å². The summed E-state index contributed by atoms with van der Waals surface area (Å²) < 4.78 is 26.7. The minimum atomic E-state index is -0.748. The number of nitrogens with zero attached hydrogens (tertiary/aromatic N) is 3. The number of halogens is 2. The molecule has 0 saturated carbocycles. The predicted molar refractivity (Wildman–Crippen MR) is 91.5 cm³/mol. The molecule has 1 aromatic carbocycles. The molecule has 1 amide bonds. The Balaban J connectivity index is 1.58. The average molecular weight is 346 g/mol. The lowest BCUT2D eigenvalue weighted by atomic mass is 10.2. The highest BCUT2D eigenvalue weighted by molar-refractivity contribution is 5.94. The van der Waals surface area contributed by atoms with E-state index in [9.17, 15) is 13.6 Å². The van der Waals surface area contributed by atoms with E-state index in [2.05, 4.69) is 27.1 Å². The van der Waals surface area contributed by atoms with Crippen LogP contribution in [0.2, 0.25) is 0 Å². The van der Waals surface area contributed by atoms with Gasteiger partial charge in [-0.2, -0.15) is 0 Å². The number of nitrogens with one attached hydrogen (secondary N) is 1. The van der Waals surface area contributed by atoms with Gasteiger partial charge in [0.2, 0.25) is 0 Å². The summed E-state index contributed by atoms with van der Waals surface area (Å²) >= 11 is 0. The van der Waals surface area contributed by atoms with Gasteiger partial charge in [0.25, 0.3) is 5.91 Å². The Kier molecular flexibility index (Phi) is 5.23. The lowest BCUT2D eigenvalue weighted by Gasteiger charge is -2.33. The first-order valence-electron chi connectivity index (χ1n) is 8.14. The molecule has 2 aromatic rings. The van der Waals surface area contributed by atoms with E-state index in [1.165, 1.54) is 0 Å². The molecule has 1 aliphatic heterocycles. The van der Waals surface area contributed by atoms with Crippen molar-refractivity contribution < 1.29 is 13.6 Å². The first-order chi connectivity index (χ1) is 12.0. The predicted octanol–water partition coefficient (Wildman–Crippen LogP) is 2.04. The third-order valence-corrected chi connectivity index (χ3v) is 4.26. The quantitative estimate of drug-likeness (QED) is 0.920. The normalized spacial score (nSPS) is 15.2. The van der Waals surface area contributed by atoms with Crippen LogP contribution in [-0.2, 0) is 6.54 Å². The Morgan fingerprint density at radius 3 is 2.60 bits per heavy atom. The number of carbonyl (C=O) groups is 1. The van der Waals surface area contributed by atoms with Gasteiger partial charge in [-0.05, 0) is 36.9 Å². The second-order valence-electron chi connectivity index (χ2n) is 6.12. The number of hydrogen-bond donors (Lipinski definition) is 1. The fourth-order valence-electron chi connectivity index (χ4n) is 2.69. The molecule has 2 heterocycles. The van der Waals surface area contributed by atoms with Crippen LogP contribution in [0.1, 0.15) is 15.9 Å². The van der Waals surface area contributed by atoms with Gasteiger partial charge in [0.1, 0.15) is 17.5 Å². The topological polar surface area (TPSA) is 48.5 Å². The third-order valence-electron chi connectivity index (χ3n) is 4.26. The van der Waals surface area contributed by atoms with E-state index in [0.717, 1.165) is 55.8 Å². The minimum Gasteiger partial charge on any atom is -0.354 e. The molecule has 5 nitrogen and oxygen atoms in total. The summed E-state index contributed by atoms with van der Waals surface area (Å²) in [6.07, 6.45) is 1.69. The number of piperazine rings is 1. The van der Waals surface area contributed by atoms with Crippen molar-refractivity contribution in [1.29, 1.82) is 0 Å². The molecule has 132 valence electrons. The van der Waals surface area contributed by atoms with E-state index >= 15 is 0 Å².